The second-order valence-electron chi connectivity index (χ2n) is 6.47. The van der Waals surface area contributed by atoms with Crippen molar-refractivity contribution in [3.8, 4) is 5.75 Å². The molecule has 0 saturated heterocycles. The first kappa shape index (κ1) is 17.9. The average Bonchev–Trinajstić information content (AvgIpc) is 3.05. The van der Waals surface area contributed by atoms with Gasteiger partial charge in [-0.2, -0.15) is 0 Å². The van der Waals surface area contributed by atoms with Crippen LogP contribution in [0.4, 0.5) is 10.1 Å². The highest BCUT2D eigenvalue weighted by atomic mass is 19.1. The number of nitrogens with zero attached hydrogens (tertiary/aromatic N) is 1. The number of fused-ring (bicyclic) bond motifs is 1. The number of rotatable bonds is 6. The van der Waals surface area contributed by atoms with Gasteiger partial charge < -0.3 is 19.9 Å². The minimum atomic E-state index is -0.350. The Bertz CT molecular complexity index is 895. The highest BCUT2D eigenvalue weighted by Gasteiger charge is 2.13. The number of halogens is 1. The number of amides is 1. The topological polar surface area (TPSA) is 57.4 Å². The van der Waals surface area contributed by atoms with Crippen LogP contribution in [0.1, 0.15) is 16.1 Å². The minimum Gasteiger partial charge on any atom is -0.492 e. The molecule has 0 aliphatic rings. The lowest BCUT2D eigenvalue weighted by Crippen LogP contribution is -2.19. The molecule has 0 aliphatic carbocycles. The SMILES string of the molecule is Cc1ccc(F)c2cc(C(=O)Nc3cccc(OCCN(C)C)c3)[nH]c12. The first-order valence-electron chi connectivity index (χ1n) is 8.41. The van der Waals surface area contributed by atoms with Gasteiger partial charge in [0.2, 0.25) is 0 Å². The van der Waals surface area contributed by atoms with Crippen LogP contribution < -0.4 is 10.1 Å². The van der Waals surface area contributed by atoms with Crippen LogP contribution in [-0.2, 0) is 0 Å². The third-order valence-electron chi connectivity index (χ3n) is 4.09. The highest BCUT2D eigenvalue weighted by Crippen LogP contribution is 2.23. The summed E-state index contributed by atoms with van der Waals surface area (Å²) in [5, 5.41) is 3.23. The van der Waals surface area contributed by atoms with Gasteiger partial charge in [-0.1, -0.05) is 12.1 Å². The van der Waals surface area contributed by atoms with Crippen LogP contribution in [-0.4, -0.2) is 43.0 Å². The normalized spacial score (nSPS) is 11.1. The number of nitrogens with one attached hydrogen (secondary N) is 2. The van der Waals surface area contributed by atoms with Gasteiger partial charge in [0, 0.05) is 23.7 Å². The quantitative estimate of drug-likeness (QED) is 0.707. The number of aryl methyl sites for hydroxylation is 1. The summed E-state index contributed by atoms with van der Waals surface area (Å²) in [5.74, 6) is 0.00539. The van der Waals surface area contributed by atoms with Crippen molar-refractivity contribution in [2.75, 3.05) is 32.6 Å². The Kier molecular flexibility index (Phi) is 5.23. The summed E-state index contributed by atoms with van der Waals surface area (Å²) in [6.45, 7) is 3.23. The molecule has 2 N–H and O–H groups in total. The number of benzene rings is 2. The summed E-state index contributed by atoms with van der Waals surface area (Å²) in [4.78, 5) is 17.5. The predicted octanol–water partition coefficient (Wildman–Crippen LogP) is 3.81. The maximum atomic E-state index is 13.9. The summed E-state index contributed by atoms with van der Waals surface area (Å²) >= 11 is 0. The van der Waals surface area contributed by atoms with Crippen molar-refractivity contribution in [1.29, 1.82) is 0 Å². The van der Waals surface area contributed by atoms with Crippen molar-refractivity contribution in [2.45, 2.75) is 6.92 Å². The molecule has 0 atom stereocenters. The fraction of sp³-hybridized carbons (Fsp3) is 0.250. The molecular formula is C20H22FN3O2. The van der Waals surface area contributed by atoms with Crippen molar-refractivity contribution in [3.05, 3.63) is 59.5 Å². The Morgan fingerprint density at radius 3 is 2.77 bits per heavy atom. The summed E-state index contributed by atoms with van der Waals surface area (Å²) in [6, 6.07) is 11.8. The van der Waals surface area contributed by atoms with Gasteiger partial charge in [0.25, 0.3) is 5.91 Å². The highest BCUT2D eigenvalue weighted by molar-refractivity contribution is 6.06. The summed E-state index contributed by atoms with van der Waals surface area (Å²) in [7, 11) is 3.95. The van der Waals surface area contributed by atoms with Crippen molar-refractivity contribution >= 4 is 22.5 Å². The Morgan fingerprint density at radius 2 is 2.04 bits per heavy atom. The van der Waals surface area contributed by atoms with Crippen LogP contribution in [0.15, 0.2) is 42.5 Å². The fourth-order valence-corrected chi connectivity index (χ4v) is 2.66. The molecular weight excluding hydrogens is 333 g/mol. The molecule has 3 rings (SSSR count). The standard InChI is InChI=1S/C20H22FN3O2/c1-13-7-8-17(21)16-12-18(23-19(13)16)20(25)22-14-5-4-6-15(11-14)26-10-9-24(2)3/h4-8,11-12,23H,9-10H2,1-3H3,(H,22,25). The number of likely N-dealkylation sites (N-methyl/N-ethyl adjacent to an activating group) is 1. The van der Waals surface area contributed by atoms with Gasteiger partial charge in [0.1, 0.15) is 23.9 Å². The maximum absolute atomic E-state index is 13.9. The molecule has 3 aromatic rings. The molecule has 0 aliphatic heterocycles. The van der Waals surface area contributed by atoms with E-state index in [1.807, 2.05) is 38.1 Å². The van der Waals surface area contributed by atoms with E-state index in [4.69, 9.17) is 4.74 Å². The number of H-pyrrole nitrogens is 1. The van der Waals surface area contributed by atoms with Gasteiger partial charge in [-0.3, -0.25) is 4.79 Å². The van der Waals surface area contributed by atoms with E-state index < -0.39 is 0 Å². The van der Waals surface area contributed by atoms with Crippen molar-refractivity contribution in [3.63, 3.8) is 0 Å². The second kappa shape index (κ2) is 7.58. The van der Waals surface area contributed by atoms with Crippen LogP contribution in [0.5, 0.6) is 5.75 Å². The number of ether oxygens (including phenoxy) is 1. The number of carbonyl (C=O) groups is 1. The van der Waals surface area contributed by atoms with Gasteiger partial charge in [-0.25, -0.2) is 4.39 Å². The Morgan fingerprint density at radius 1 is 1.23 bits per heavy atom. The number of hydrogen-bond donors (Lipinski definition) is 2. The first-order chi connectivity index (χ1) is 12.4. The average molecular weight is 355 g/mol. The molecule has 1 aromatic heterocycles. The van der Waals surface area contributed by atoms with Crippen LogP contribution in [0, 0.1) is 12.7 Å². The lowest BCUT2D eigenvalue weighted by molar-refractivity contribution is 0.102. The molecule has 26 heavy (non-hydrogen) atoms. The summed E-state index contributed by atoms with van der Waals surface area (Å²) in [5.41, 5.74) is 2.45. The number of hydrogen-bond acceptors (Lipinski definition) is 3. The van der Waals surface area contributed by atoms with Gasteiger partial charge in [0.15, 0.2) is 0 Å². The van der Waals surface area contributed by atoms with Gasteiger partial charge in [-0.15, -0.1) is 0 Å². The molecule has 0 bridgehead atoms. The molecule has 5 nitrogen and oxygen atoms in total. The third-order valence-corrected chi connectivity index (χ3v) is 4.09. The van der Waals surface area contributed by atoms with E-state index in [1.54, 1.807) is 18.2 Å². The minimum absolute atomic E-state index is 0.312. The van der Waals surface area contributed by atoms with E-state index in [1.165, 1.54) is 12.1 Å². The monoisotopic (exact) mass is 355 g/mol. The first-order valence-corrected chi connectivity index (χ1v) is 8.41. The molecule has 6 heteroatoms. The van der Waals surface area contributed by atoms with E-state index in [2.05, 4.69) is 10.3 Å². The molecule has 1 heterocycles. The van der Waals surface area contributed by atoms with Gasteiger partial charge in [-0.05, 0) is 50.8 Å². The van der Waals surface area contributed by atoms with Crippen LogP contribution >= 0.6 is 0 Å². The third kappa shape index (κ3) is 4.03. The Hall–Kier alpha value is -2.86. The zero-order chi connectivity index (χ0) is 18.7. The molecule has 0 fully saturated rings. The van der Waals surface area contributed by atoms with Crippen LogP contribution in [0.25, 0.3) is 10.9 Å². The molecule has 0 saturated carbocycles. The molecule has 0 spiro atoms. The number of anilines is 1. The van der Waals surface area contributed by atoms with Gasteiger partial charge >= 0.3 is 0 Å². The number of aromatic nitrogens is 1. The lowest BCUT2D eigenvalue weighted by atomic mass is 10.1. The Balaban J connectivity index is 1.74. The largest absolute Gasteiger partial charge is 0.492 e. The van der Waals surface area contributed by atoms with Crippen molar-refractivity contribution < 1.29 is 13.9 Å². The van der Waals surface area contributed by atoms with Gasteiger partial charge in [0.05, 0.1) is 5.52 Å². The maximum Gasteiger partial charge on any atom is 0.272 e. The molecule has 0 radical (unpaired) electrons. The van der Waals surface area contributed by atoms with E-state index >= 15 is 0 Å². The van der Waals surface area contributed by atoms with E-state index in [9.17, 15) is 9.18 Å². The molecule has 0 unspecified atom stereocenters. The van der Waals surface area contributed by atoms with Crippen molar-refractivity contribution in [2.24, 2.45) is 0 Å². The number of carbonyl (C=O) groups excluding carboxylic acids is 1. The Labute approximate surface area is 151 Å². The number of aromatic amines is 1. The predicted molar refractivity (Wildman–Crippen MR) is 101 cm³/mol. The zero-order valence-corrected chi connectivity index (χ0v) is 15.1. The second-order valence-corrected chi connectivity index (χ2v) is 6.47. The summed E-state index contributed by atoms with van der Waals surface area (Å²) < 4.78 is 19.6. The zero-order valence-electron chi connectivity index (χ0n) is 15.1. The molecule has 2 aromatic carbocycles. The van der Waals surface area contributed by atoms with E-state index in [0.717, 1.165) is 12.1 Å². The van der Waals surface area contributed by atoms with E-state index in [0.29, 0.717) is 34.6 Å². The fourth-order valence-electron chi connectivity index (χ4n) is 2.66. The molecule has 1 amide bonds. The van der Waals surface area contributed by atoms with Crippen molar-refractivity contribution in [1.82, 2.24) is 9.88 Å². The lowest BCUT2D eigenvalue weighted by Gasteiger charge is -2.12. The smallest absolute Gasteiger partial charge is 0.272 e. The van der Waals surface area contributed by atoms with E-state index in [-0.39, 0.29) is 11.7 Å². The summed E-state index contributed by atoms with van der Waals surface area (Å²) in [6.07, 6.45) is 0. The molecule has 136 valence electrons. The van der Waals surface area contributed by atoms with Crippen LogP contribution in [0.2, 0.25) is 0 Å². The van der Waals surface area contributed by atoms with Crippen LogP contribution in [0.3, 0.4) is 0 Å².